The van der Waals surface area contributed by atoms with E-state index in [-0.39, 0.29) is 11.5 Å². The molecule has 0 spiro atoms. The highest BCUT2D eigenvalue weighted by Gasteiger charge is 2.21. The second kappa shape index (κ2) is 5.89. The van der Waals surface area contributed by atoms with E-state index in [1.165, 1.54) is 18.2 Å². The lowest BCUT2D eigenvalue weighted by Gasteiger charge is -2.06. The van der Waals surface area contributed by atoms with Crippen LogP contribution in [0.3, 0.4) is 0 Å². The minimum atomic E-state index is -4.22. The fourth-order valence-corrected chi connectivity index (χ4v) is 2.85. The maximum atomic E-state index is 13.6. The van der Waals surface area contributed by atoms with Crippen LogP contribution in [0.15, 0.2) is 56.8 Å². The number of halogens is 2. The van der Waals surface area contributed by atoms with Crippen LogP contribution in [0.2, 0.25) is 0 Å². The first-order chi connectivity index (χ1) is 11.3. The third-order valence-corrected chi connectivity index (χ3v) is 4.19. The van der Waals surface area contributed by atoms with E-state index in [4.69, 9.17) is 4.42 Å². The molecule has 2 heterocycles. The summed E-state index contributed by atoms with van der Waals surface area (Å²) < 4.78 is 57.9. The first-order valence-electron chi connectivity index (χ1n) is 6.49. The molecule has 0 saturated carbocycles. The molecule has 0 bridgehead atoms. The van der Waals surface area contributed by atoms with Gasteiger partial charge in [0.25, 0.3) is 15.6 Å². The number of hydrogen-bond acceptors (Lipinski definition) is 5. The van der Waals surface area contributed by atoms with Gasteiger partial charge in [-0.3, -0.25) is 9.52 Å². The van der Waals surface area contributed by atoms with Gasteiger partial charge in [0.2, 0.25) is 5.09 Å². The highest BCUT2D eigenvalue weighted by Crippen LogP contribution is 2.25. The van der Waals surface area contributed by atoms with Crippen molar-refractivity contribution in [1.29, 1.82) is 0 Å². The van der Waals surface area contributed by atoms with E-state index < -0.39 is 38.0 Å². The van der Waals surface area contributed by atoms with Crippen LogP contribution in [-0.2, 0) is 10.0 Å². The number of rotatable bonds is 4. The van der Waals surface area contributed by atoms with Gasteiger partial charge >= 0.3 is 0 Å². The minimum Gasteiger partial charge on any atom is -0.441 e. The third-order valence-electron chi connectivity index (χ3n) is 2.95. The van der Waals surface area contributed by atoms with Crippen molar-refractivity contribution in [1.82, 2.24) is 10.2 Å². The Morgan fingerprint density at radius 3 is 2.54 bits per heavy atom. The molecule has 0 aliphatic carbocycles. The van der Waals surface area contributed by atoms with E-state index >= 15 is 0 Å². The highest BCUT2D eigenvalue weighted by atomic mass is 32.2. The molecule has 3 rings (SSSR count). The van der Waals surface area contributed by atoms with Gasteiger partial charge in [0.05, 0.1) is 5.69 Å². The zero-order chi connectivity index (χ0) is 17.3. The Labute approximate surface area is 134 Å². The Kier molecular flexibility index (Phi) is 3.89. The Morgan fingerprint density at radius 2 is 1.88 bits per heavy atom. The number of nitrogens with one attached hydrogen (secondary N) is 2. The lowest BCUT2D eigenvalue weighted by molar-refractivity contribution is 0.461. The second-order valence-corrected chi connectivity index (χ2v) is 6.27. The summed E-state index contributed by atoms with van der Waals surface area (Å²) in [5, 5.41) is 5.40. The van der Waals surface area contributed by atoms with Gasteiger partial charge in [0, 0.05) is 12.1 Å². The molecule has 0 saturated heterocycles. The smallest absolute Gasteiger partial charge is 0.295 e. The summed E-state index contributed by atoms with van der Waals surface area (Å²) in [6.07, 6.45) is 0. The summed E-state index contributed by atoms with van der Waals surface area (Å²) in [7, 11) is -4.22. The van der Waals surface area contributed by atoms with Crippen LogP contribution in [0.25, 0.3) is 11.5 Å². The highest BCUT2D eigenvalue weighted by molar-refractivity contribution is 7.92. The van der Waals surface area contributed by atoms with E-state index in [9.17, 15) is 22.0 Å². The van der Waals surface area contributed by atoms with Crippen molar-refractivity contribution in [3.8, 4) is 11.5 Å². The molecular weight excluding hydrogens is 344 g/mol. The molecule has 1 aromatic carbocycles. The molecule has 2 N–H and O–H groups in total. The van der Waals surface area contributed by atoms with Crippen LogP contribution in [0.1, 0.15) is 0 Å². The first-order valence-corrected chi connectivity index (χ1v) is 7.97. The van der Waals surface area contributed by atoms with Gasteiger partial charge < -0.3 is 4.42 Å². The van der Waals surface area contributed by atoms with Crippen LogP contribution in [0, 0.1) is 11.6 Å². The van der Waals surface area contributed by atoms with Crippen molar-refractivity contribution in [2.75, 3.05) is 4.72 Å². The maximum Gasteiger partial charge on any atom is 0.295 e. The van der Waals surface area contributed by atoms with Crippen molar-refractivity contribution in [2.45, 2.75) is 5.09 Å². The van der Waals surface area contributed by atoms with Gasteiger partial charge in [-0.05, 0) is 30.3 Å². The zero-order valence-corrected chi connectivity index (χ0v) is 12.6. The van der Waals surface area contributed by atoms with Crippen LogP contribution in [0.4, 0.5) is 14.5 Å². The number of nitrogens with zero attached hydrogens (tertiary/aromatic N) is 1. The van der Waals surface area contributed by atoms with Crippen LogP contribution in [0.5, 0.6) is 0 Å². The Bertz CT molecular complexity index is 1040. The Balaban J connectivity index is 1.90. The first kappa shape index (κ1) is 15.9. The third kappa shape index (κ3) is 3.18. The summed E-state index contributed by atoms with van der Waals surface area (Å²) in [5.74, 6) is -1.81. The Hall–Kier alpha value is -3.01. The largest absolute Gasteiger partial charge is 0.441 e. The quantitative estimate of drug-likeness (QED) is 0.747. The van der Waals surface area contributed by atoms with Crippen molar-refractivity contribution in [3.05, 3.63) is 64.5 Å². The van der Waals surface area contributed by atoms with Crippen molar-refractivity contribution in [2.24, 2.45) is 0 Å². The van der Waals surface area contributed by atoms with Crippen LogP contribution < -0.4 is 10.3 Å². The van der Waals surface area contributed by atoms with Gasteiger partial charge in [-0.2, -0.15) is 13.5 Å². The predicted octanol–water partition coefficient (Wildman–Crippen LogP) is 2.11. The summed E-state index contributed by atoms with van der Waals surface area (Å²) in [5.41, 5.74) is -0.632. The minimum absolute atomic E-state index is 0.0891. The van der Waals surface area contributed by atoms with Gasteiger partial charge in [-0.25, -0.2) is 13.9 Å². The van der Waals surface area contributed by atoms with Crippen LogP contribution in [-0.4, -0.2) is 18.6 Å². The number of H-pyrrole nitrogens is 1. The van der Waals surface area contributed by atoms with E-state index in [0.717, 1.165) is 18.2 Å². The number of aromatic amines is 1. The molecule has 24 heavy (non-hydrogen) atoms. The second-order valence-electron chi connectivity index (χ2n) is 4.65. The van der Waals surface area contributed by atoms with Crippen molar-refractivity contribution >= 4 is 15.7 Å². The van der Waals surface area contributed by atoms with Gasteiger partial charge in [0.1, 0.15) is 17.3 Å². The molecule has 3 aromatic rings. The molecule has 2 aromatic heterocycles. The molecule has 7 nitrogen and oxygen atoms in total. The monoisotopic (exact) mass is 353 g/mol. The fourth-order valence-electron chi connectivity index (χ4n) is 1.85. The summed E-state index contributed by atoms with van der Waals surface area (Å²) >= 11 is 0. The molecule has 0 aliphatic heterocycles. The maximum absolute atomic E-state index is 13.6. The van der Waals surface area contributed by atoms with E-state index in [0.29, 0.717) is 6.07 Å². The topological polar surface area (TPSA) is 105 Å². The van der Waals surface area contributed by atoms with Crippen molar-refractivity contribution < 1.29 is 21.6 Å². The van der Waals surface area contributed by atoms with Crippen LogP contribution >= 0.6 is 0 Å². The molecule has 0 unspecified atom stereocenters. The molecule has 0 radical (unpaired) electrons. The van der Waals surface area contributed by atoms with Gasteiger partial charge in [-0.1, -0.05) is 0 Å². The number of anilines is 1. The van der Waals surface area contributed by atoms with Gasteiger partial charge in [-0.15, -0.1) is 0 Å². The summed E-state index contributed by atoms with van der Waals surface area (Å²) in [6.45, 7) is 0. The fraction of sp³-hybridized carbons (Fsp3) is 0. The summed E-state index contributed by atoms with van der Waals surface area (Å²) in [6, 6.07) is 7.44. The normalized spacial score (nSPS) is 11.4. The lowest BCUT2D eigenvalue weighted by Crippen LogP contribution is -2.13. The standard InChI is InChI=1S/C14H9F2N3O4S/c15-8-1-2-10(9(16)7-8)19-24(21,22)14-6-4-12(23-14)11-3-5-13(20)18-17-11/h1-7,19H,(H,18,20). The lowest BCUT2D eigenvalue weighted by atomic mass is 10.3. The number of aromatic nitrogens is 2. The van der Waals surface area contributed by atoms with E-state index in [2.05, 4.69) is 10.2 Å². The number of furan rings is 1. The van der Waals surface area contributed by atoms with E-state index in [1.807, 2.05) is 4.72 Å². The molecule has 0 atom stereocenters. The average molecular weight is 353 g/mol. The van der Waals surface area contributed by atoms with Crippen molar-refractivity contribution in [3.63, 3.8) is 0 Å². The molecule has 0 aliphatic rings. The molecule has 10 heteroatoms. The average Bonchev–Trinajstić information content (AvgIpc) is 3.02. The summed E-state index contributed by atoms with van der Waals surface area (Å²) in [4.78, 5) is 11.0. The number of hydrogen-bond donors (Lipinski definition) is 2. The number of sulfonamides is 1. The van der Waals surface area contributed by atoms with E-state index in [1.54, 1.807) is 0 Å². The number of benzene rings is 1. The molecule has 124 valence electrons. The Morgan fingerprint density at radius 1 is 1.08 bits per heavy atom. The molecular formula is C14H9F2N3O4S. The molecule has 0 fully saturated rings. The zero-order valence-electron chi connectivity index (χ0n) is 11.8. The SMILES string of the molecule is O=c1ccc(-c2ccc(S(=O)(=O)Nc3ccc(F)cc3F)o2)n[nH]1. The van der Waals surface area contributed by atoms with Gasteiger partial charge in [0.15, 0.2) is 5.76 Å². The molecule has 0 amide bonds. The predicted molar refractivity (Wildman–Crippen MR) is 79.7 cm³/mol.